The normalized spacial score (nSPS) is 11.0. The number of aryl methyl sites for hydroxylation is 1. The number of benzene rings is 1. The molecular formula is C25H31NO5S. The minimum absolute atomic E-state index is 0.0423. The third-order valence-corrected chi connectivity index (χ3v) is 5.36. The predicted molar refractivity (Wildman–Crippen MR) is 125 cm³/mol. The fourth-order valence-corrected chi connectivity index (χ4v) is 3.45. The first-order chi connectivity index (χ1) is 15.3. The molecule has 0 saturated carbocycles. The number of nitrogens with zero attached hydrogens (tertiary/aromatic N) is 1. The summed E-state index contributed by atoms with van der Waals surface area (Å²) in [5.41, 5.74) is 2.98. The highest BCUT2D eigenvalue weighted by Gasteiger charge is 2.12. The van der Waals surface area contributed by atoms with E-state index in [1.54, 1.807) is 6.07 Å². The van der Waals surface area contributed by atoms with Gasteiger partial charge in [0.2, 0.25) is 0 Å². The molecular weight excluding hydrogens is 426 g/mol. The number of unbranched alkanes of at least 4 members (excludes halogenated alkanes) is 5. The van der Waals surface area contributed by atoms with Crippen molar-refractivity contribution in [1.82, 2.24) is 4.98 Å². The molecule has 0 aliphatic rings. The first kappa shape index (κ1) is 25.6. The zero-order chi connectivity index (χ0) is 23.4. The number of aromatic nitrogens is 1. The zero-order valence-electron chi connectivity index (χ0n) is 19.0. The summed E-state index contributed by atoms with van der Waals surface area (Å²) in [5, 5.41) is 0. The van der Waals surface area contributed by atoms with Crippen LogP contribution in [0.3, 0.4) is 0 Å². The van der Waals surface area contributed by atoms with Gasteiger partial charge in [-0.3, -0.25) is 4.18 Å². The lowest BCUT2D eigenvalue weighted by atomic mass is 10.0. The molecule has 0 spiro atoms. The second kappa shape index (κ2) is 13.0. The van der Waals surface area contributed by atoms with Gasteiger partial charge in [0.15, 0.2) is 0 Å². The van der Waals surface area contributed by atoms with Gasteiger partial charge in [-0.15, -0.1) is 0 Å². The van der Waals surface area contributed by atoms with Gasteiger partial charge in [-0.05, 0) is 42.7 Å². The molecule has 32 heavy (non-hydrogen) atoms. The minimum Gasteiger partial charge on any atom is -0.464 e. The maximum Gasteiger partial charge on any atom is 0.356 e. The van der Waals surface area contributed by atoms with E-state index in [0.717, 1.165) is 18.2 Å². The molecule has 1 heterocycles. The Balaban J connectivity index is 2.06. The van der Waals surface area contributed by atoms with E-state index in [1.165, 1.54) is 57.3 Å². The maximum absolute atomic E-state index is 11.9. The average Bonchev–Trinajstić information content (AvgIpc) is 2.78. The standard InChI is InChI=1S/C25H31NO5S/c1-4-5-6-7-8-9-10-20-11-13-21(14-12-20)15-16-22-17-23(19-31-32(3,28)29)26-24(18-22)25(27)30-2/h11-14,17-18H,4-10,19H2,1-3H3. The lowest BCUT2D eigenvalue weighted by molar-refractivity contribution is 0.0593. The van der Waals surface area contributed by atoms with Crippen LogP contribution in [0.5, 0.6) is 0 Å². The van der Waals surface area contributed by atoms with Crippen LogP contribution in [-0.4, -0.2) is 32.7 Å². The predicted octanol–water partition coefficient (Wildman–Crippen LogP) is 4.65. The van der Waals surface area contributed by atoms with Crippen LogP contribution in [0.1, 0.15) is 78.3 Å². The van der Waals surface area contributed by atoms with Gasteiger partial charge in [0.05, 0.1) is 19.1 Å². The van der Waals surface area contributed by atoms with Crippen LogP contribution in [0.25, 0.3) is 0 Å². The Labute approximate surface area is 191 Å². The second-order valence-electron chi connectivity index (χ2n) is 7.65. The number of carbonyl (C=O) groups is 1. The van der Waals surface area contributed by atoms with Gasteiger partial charge in [-0.2, -0.15) is 8.42 Å². The Kier molecular flexibility index (Phi) is 10.4. The number of ether oxygens (including phenoxy) is 1. The minimum atomic E-state index is -3.64. The molecule has 6 nitrogen and oxygen atoms in total. The third-order valence-electron chi connectivity index (χ3n) is 4.82. The van der Waals surface area contributed by atoms with Crippen LogP contribution >= 0.6 is 0 Å². The third kappa shape index (κ3) is 9.63. The highest BCUT2D eigenvalue weighted by molar-refractivity contribution is 7.85. The first-order valence-corrected chi connectivity index (χ1v) is 12.7. The lowest BCUT2D eigenvalue weighted by Crippen LogP contribution is -2.09. The van der Waals surface area contributed by atoms with Crippen LogP contribution in [-0.2, 0) is 32.1 Å². The summed E-state index contributed by atoms with van der Waals surface area (Å²) in [6.45, 7) is 1.94. The van der Waals surface area contributed by atoms with Crippen molar-refractivity contribution in [2.45, 2.75) is 58.5 Å². The number of methoxy groups -OCH3 is 1. The maximum atomic E-state index is 11.9. The SMILES string of the molecule is CCCCCCCCc1ccc(C#Cc2cc(COS(C)(=O)=O)nc(C(=O)OC)c2)cc1. The fraction of sp³-hybridized carbons (Fsp3) is 0.440. The molecule has 0 atom stereocenters. The molecule has 172 valence electrons. The topological polar surface area (TPSA) is 82.6 Å². The summed E-state index contributed by atoms with van der Waals surface area (Å²) in [4.78, 5) is 16.0. The molecule has 0 aliphatic heterocycles. The molecule has 1 aromatic carbocycles. The largest absolute Gasteiger partial charge is 0.464 e. The van der Waals surface area contributed by atoms with Gasteiger partial charge in [0, 0.05) is 11.1 Å². The molecule has 0 bridgehead atoms. The van der Waals surface area contributed by atoms with Gasteiger partial charge < -0.3 is 4.74 Å². The van der Waals surface area contributed by atoms with Crippen molar-refractivity contribution < 1.29 is 22.1 Å². The summed E-state index contributed by atoms with van der Waals surface area (Å²) >= 11 is 0. The molecule has 0 aliphatic carbocycles. The van der Waals surface area contributed by atoms with Gasteiger partial charge in [0.25, 0.3) is 10.1 Å². The first-order valence-electron chi connectivity index (χ1n) is 10.9. The number of pyridine rings is 1. The monoisotopic (exact) mass is 457 g/mol. The molecule has 2 rings (SSSR count). The van der Waals surface area contributed by atoms with E-state index < -0.39 is 16.1 Å². The van der Waals surface area contributed by atoms with Crippen LogP contribution < -0.4 is 0 Å². The molecule has 0 N–H and O–H groups in total. The van der Waals surface area contributed by atoms with Crippen LogP contribution in [0.2, 0.25) is 0 Å². The van der Waals surface area contributed by atoms with Crippen molar-refractivity contribution in [2.24, 2.45) is 0 Å². The molecule has 0 unspecified atom stereocenters. The van der Waals surface area contributed by atoms with Crippen molar-refractivity contribution in [2.75, 3.05) is 13.4 Å². The van der Waals surface area contributed by atoms with E-state index in [9.17, 15) is 13.2 Å². The van der Waals surface area contributed by atoms with E-state index in [1.807, 2.05) is 12.1 Å². The van der Waals surface area contributed by atoms with Gasteiger partial charge >= 0.3 is 5.97 Å². The Morgan fingerprint density at radius 1 is 0.969 bits per heavy atom. The van der Waals surface area contributed by atoms with Gasteiger partial charge in [-0.1, -0.05) is 63.0 Å². The fourth-order valence-electron chi connectivity index (χ4n) is 3.12. The Bertz CT molecular complexity index is 1050. The Morgan fingerprint density at radius 2 is 1.62 bits per heavy atom. The summed E-state index contributed by atoms with van der Waals surface area (Å²) < 4.78 is 32.0. The van der Waals surface area contributed by atoms with Crippen molar-refractivity contribution >= 4 is 16.1 Å². The average molecular weight is 458 g/mol. The summed E-state index contributed by atoms with van der Waals surface area (Å²) in [6, 6.07) is 11.2. The Hall–Kier alpha value is -2.69. The summed E-state index contributed by atoms with van der Waals surface area (Å²) in [5.74, 6) is 5.45. The number of rotatable bonds is 11. The molecule has 0 radical (unpaired) electrons. The van der Waals surface area contributed by atoms with Gasteiger partial charge in [0.1, 0.15) is 12.3 Å². The number of hydrogen-bond donors (Lipinski definition) is 0. The number of hydrogen-bond acceptors (Lipinski definition) is 6. The van der Waals surface area contributed by atoms with Gasteiger partial charge in [-0.25, -0.2) is 9.78 Å². The molecule has 0 amide bonds. The summed E-state index contributed by atoms with van der Waals surface area (Å²) in [6.07, 6.45) is 9.68. The quantitative estimate of drug-likeness (QED) is 0.211. The number of esters is 1. The molecule has 0 saturated heterocycles. The van der Waals surface area contributed by atoms with Crippen LogP contribution in [0.15, 0.2) is 36.4 Å². The highest BCUT2D eigenvalue weighted by atomic mass is 32.2. The molecule has 0 fully saturated rings. The van der Waals surface area contributed by atoms with Crippen molar-refractivity contribution in [1.29, 1.82) is 0 Å². The van der Waals surface area contributed by atoms with Crippen LogP contribution in [0.4, 0.5) is 0 Å². The molecule has 2 aromatic rings. The van der Waals surface area contributed by atoms with E-state index in [4.69, 9.17) is 8.92 Å². The molecule has 7 heteroatoms. The van der Waals surface area contributed by atoms with E-state index >= 15 is 0 Å². The second-order valence-corrected chi connectivity index (χ2v) is 9.30. The van der Waals surface area contributed by atoms with Crippen molar-refractivity contribution in [3.8, 4) is 11.8 Å². The Morgan fingerprint density at radius 3 is 2.28 bits per heavy atom. The molecule has 1 aromatic heterocycles. The highest BCUT2D eigenvalue weighted by Crippen LogP contribution is 2.12. The lowest BCUT2D eigenvalue weighted by Gasteiger charge is -2.05. The van der Waals surface area contributed by atoms with E-state index in [-0.39, 0.29) is 18.0 Å². The summed E-state index contributed by atoms with van der Waals surface area (Å²) in [7, 11) is -2.39. The zero-order valence-corrected chi connectivity index (χ0v) is 19.8. The smallest absolute Gasteiger partial charge is 0.356 e. The van der Waals surface area contributed by atoms with Crippen LogP contribution in [0, 0.1) is 11.8 Å². The van der Waals surface area contributed by atoms with Crippen molar-refractivity contribution in [3.05, 3.63) is 64.5 Å². The van der Waals surface area contributed by atoms with E-state index in [2.05, 4.69) is 35.9 Å². The van der Waals surface area contributed by atoms with E-state index in [0.29, 0.717) is 5.56 Å². The number of carbonyl (C=O) groups excluding carboxylic acids is 1. The van der Waals surface area contributed by atoms with Crippen molar-refractivity contribution in [3.63, 3.8) is 0 Å².